The monoisotopic (exact) mass is 254 g/mol. The molecule has 0 saturated carbocycles. The third-order valence-electron chi connectivity index (χ3n) is 1.85. The minimum absolute atomic E-state index is 0.0478. The van der Waals surface area contributed by atoms with Crippen LogP contribution in [0.5, 0.6) is 0 Å². The molecule has 0 aliphatic rings. The smallest absolute Gasteiger partial charge is 0.304 e. The number of primary amides is 1. The standard InChI is InChI=1S/C9H7BrN2O2/c10-4-5-2-1-3-6-7(5)14-9(12-6)8(11)13/h1-3H,4H2,(H2,11,13). The number of hydrogen-bond acceptors (Lipinski definition) is 3. The molecule has 0 spiro atoms. The SMILES string of the molecule is NC(=O)c1nc2cccc(CBr)c2o1. The maximum Gasteiger partial charge on any atom is 0.304 e. The summed E-state index contributed by atoms with van der Waals surface area (Å²) in [6.07, 6.45) is 0. The minimum atomic E-state index is -0.651. The average Bonchev–Trinajstić information content (AvgIpc) is 2.60. The van der Waals surface area contributed by atoms with Crippen LogP contribution in [-0.2, 0) is 5.33 Å². The Labute approximate surface area is 88.2 Å². The Hall–Kier alpha value is -1.36. The van der Waals surface area contributed by atoms with Gasteiger partial charge in [-0.1, -0.05) is 28.1 Å². The Morgan fingerprint density at radius 3 is 3.00 bits per heavy atom. The highest BCUT2D eigenvalue weighted by Crippen LogP contribution is 2.21. The molecule has 72 valence electrons. The maximum atomic E-state index is 10.8. The van der Waals surface area contributed by atoms with Crippen molar-refractivity contribution in [2.24, 2.45) is 5.73 Å². The van der Waals surface area contributed by atoms with E-state index in [9.17, 15) is 4.79 Å². The van der Waals surface area contributed by atoms with Gasteiger partial charge in [-0.05, 0) is 6.07 Å². The molecule has 2 aromatic rings. The number of nitrogens with zero attached hydrogens (tertiary/aromatic N) is 1. The minimum Gasteiger partial charge on any atom is -0.432 e. The number of rotatable bonds is 2. The molecule has 1 aromatic heterocycles. The van der Waals surface area contributed by atoms with Crippen molar-refractivity contribution < 1.29 is 9.21 Å². The van der Waals surface area contributed by atoms with Gasteiger partial charge >= 0.3 is 5.91 Å². The van der Waals surface area contributed by atoms with Gasteiger partial charge in [-0.3, -0.25) is 4.79 Å². The van der Waals surface area contributed by atoms with Crippen LogP contribution in [0.1, 0.15) is 16.2 Å². The molecule has 4 nitrogen and oxygen atoms in total. The summed E-state index contributed by atoms with van der Waals surface area (Å²) in [5.41, 5.74) is 7.27. The van der Waals surface area contributed by atoms with Gasteiger partial charge in [0.05, 0.1) is 0 Å². The average molecular weight is 255 g/mol. The van der Waals surface area contributed by atoms with E-state index in [-0.39, 0.29) is 5.89 Å². The number of oxazole rings is 1. The largest absolute Gasteiger partial charge is 0.432 e. The Balaban J connectivity index is 2.70. The highest BCUT2D eigenvalue weighted by atomic mass is 79.9. The molecular formula is C9H7BrN2O2. The molecule has 14 heavy (non-hydrogen) atoms. The van der Waals surface area contributed by atoms with Gasteiger partial charge in [0, 0.05) is 10.9 Å². The summed E-state index contributed by atoms with van der Waals surface area (Å²) in [6, 6.07) is 5.52. The fourth-order valence-electron chi connectivity index (χ4n) is 1.22. The van der Waals surface area contributed by atoms with Crippen LogP contribution in [0.15, 0.2) is 22.6 Å². The van der Waals surface area contributed by atoms with E-state index in [1.54, 1.807) is 6.07 Å². The van der Waals surface area contributed by atoms with E-state index in [0.29, 0.717) is 16.4 Å². The lowest BCUT2D eigenvalue weighted by molar-refractivity contribution is 0.0969. The van der Waals surface area contributed by atoms with Crippen LogP contribution >= 0.6 is 15.9 Å². The van der Waals surface area contributed by atoms with Gasteiger partial charge in [-0.15, -0.1) is 0 Å². The highest BCUT2D eigenvalue weighted by molar-refractivity contribution is 9.08. The van der Waals surface area contributed by atoms with E-state index in [0.717, 1.165) is 5.56 Å². The molecule has 1 amide bonds. The molecule has 2 N–H and O–H groups in total. The fraction of sp³-hybridized carbons (Fsp3) is 0.111. The number of nitrogens with two attached hydrogens (primary N) is 1. The molecule has 0 aliphatic carbocycles. The zero-order valence-corrected chi connectivity index (χ0v) is 8.74. The first kappa shape index (κ1) is 9.21. The molecule has 0 atom stereocenters. The Morgan fingerprint density at radius 1 is 1.57 bits per heavy atom. The van der Waals surface area contributed by atoms with Crippen LogP contribution in [0.25, 0.3) is 11.1 Å². The summed E-state index contributed by atoms with van der Waals surface area (Å²) in [7, 11) is 0. The van der Waals surface area contributed by atoms with Gasteiger partial charge in [-0.2, -0.15) is 0 Å². The van der Waals surface area contributed by atoms with Gasteiger partial charge in [0.1, 0.15) is 5.52 Å². The second-order valence-electron chi connectivity index (χ2n) is 2.78. The first-order valence-corrected chi connectivity index (χ1v) is 5.08. The Morgan fingerprint density at radius 2 is 2.36 bits per heavy atom. The number of carbonyl (C=O) groups is 1. The normalized spacial score (nSPS) is 10.6. The maximum absolute atomic E-state index is 10.8. The Kier molecular flexibility index (Phi) is 2.25. The van der Waals surface area contributed by atoms with Crippen LogP contribution in [0, 0.1) is 0 Å². The lowest BCUT2D eigenvalue weighted by Crippen LogP contribution is -2.10. The molecule has 5 heteroatoms. The molecule has 0 bridgehead atoms. The summed E-state index contributed by atoms with van der Waals surface area (Å²) in [4.78, 5) is 14.8. The van der Waals surface area contributed by atoms with Gasteiger partial charge < -0.3 is 10.2 Å². The van der Waals surface area contributed by atoms with Crippen molar-refractivity contribution in [1.29, 1.82) is 0 Å². The number of para-hydroxylation sites is 1. The number of halogens is 1. The predicted molar refractivity (Wildman–Crippen MR) is 55.2 cm³/mol. The number of alkyl halides is 1. The summed E-state index contributed by atoms with van der Waals surface area (Å²) in [5.74, 6) is -0.699. The van der Waals surface area contributed by atoms with Crippen molar-refractivity contribution in [2.75, 3.05) is 0 Å². The van der Waals surface area contributed by atoms with Crippen LogP contribution < -0.4 is 5.73 Å². The predicted octanol–water partition coefficient (Wildman–Crippen LogP) is 1.82. The third-order valence-corrected chi connectivity index (χ3v) is 2.46. The highest BCUT2D eigenvalue weighted by Gasteiger charge is 2.12. The van der Waals surface area contributed by atoms with E-state index in [2.05, 4.69) is 20.9 Å². The van der Waals surface area contributed by atoms with Gasteiger partial charge in [0.15, 0.2) is 5.58 Å². The van der Waals surface area contributed by atoms with Gasteiger partial charge in [-0.25, -0.2) is 4.98 Å². The van der Waals surface area contributed by atoms with Crippen molar-refractivity contribution in [1.82, 2.24) is 4.98 Å². The number of fused-ring (bicyclic) bond motifs is 1. The third kappa shape index (κ3) is 1.39. The zero-order chi connectivity index (χ0) is 10.1. The van der Waals surface area contributed by atoms with E-state index in [1.807, 2.05) is 12.1 Å². The van der Waals surface area contributed by atoms with Crippen molar-refractivity contribution in [3.05, 3.63) is 29.7 Å². The molecule has 1 aromatic carbocycles. The first-order chi connectivity index (χ1) is 6.72. The van der Waals surface area contributed by atoms with E-state index < -0.39 is 5.91 Å². The molecule has 0 fully saturated rings. The van der Waals surface area contributed by atoms with E-state index >= 15 is 0 Å². The van der Waals surface area contributed by atoms with Crippen LogP contribution in [0.3, 0.4) is 0 Å². The fourth-order valence-corrected chi connectivity index (χ4v) is 1.66. The van der Waals surface area contributed by atoms with Crippen molar-refractivity contribution >= 4 is 32.9 Å². The molecular weight excluding hydrogens is 248 g/mol. The topological polar surface area (TPSA) is 69.1 Å². The lowest BCUT2D eigenvalue weighted by Gasteiger charge is -1.93. The van der Waals surface area contributed by atoms with Crippen LogP contribution in [0.2, 0.25) is 0 Å². The second-order valence-corrected chi connectivity index (χ2v) is 3.34. The molecule has 1 heterocycles. The van der Waals surface area contributed by atoms with Crippen LogP contribution in [-0.4, -0.2) is 10.9 Å². The van der Waals surface area contributed by atoms with Crippen LogP contribution in [0.4, 0.5) is 0 Å². The number of carbonyl (C=O) groups excluding carboxylic acids is 1. The summed E-state index contributed by atoms with van der Waals surface area (Å²) in [5, 5.41) is 0.651. The van der Waals surface area contributed by atoms with E-state index in [1.165, 1.54) is 0 Å². The van der Waals surface area contributed by atoms with E-state index in [4.69, 9.17) is 10.2 Å². The first-order valence-electron chi connectivity index (χ1n) is 3.96. The molecule has 2 rings (SSSR count). The summed E-state index contributed by atoms with van der Waals surface area (Å²) >= 11 is 3.32. The number of amides is 1. The van der Waals surface area contributed by atoms with Crippen molar-refractivity contribution in [3.8, 4) is 0 Å². The molecule has 0 saturated heterocycles. The number of benzene rings is 1. The van der Waals surface area contributed by atoms with Crippen molar-refractivity contribution in [2.45, 2.75) is 5.33 Å². The molecule has 0 unspecified atom stereocenters. The van der Waals surface area contributed by atoms with Crippen molar-refractivity contribution in [3.63, 3.8) is 0 Å². The van der Waals surface area contributed by atoms with Gasteiger partial charge in [0.2, 0.25) is 0 Å². The number of aromatic nitrogens is 1. The summed E-state index contributed by atoms with van der Waals surface area (Å²) < 4.78 is 5.24. The zero-order valence-electron chi connectivity index (χ0n) is 7.16. The lowest BCUT2D eigenvalue weighted by atomic mass is 10.2. The van der Waals surface area contributed by atoms with Gasteiger partial charge in [0.25, 0.3) is 5.89 Å². The summed E-state index contributed by atoms with van der Waals surface area (Å²) in [6.45, 7) is 0. The number of hydrogen-bond donors (Lipinski definition) is 1. The molecule has 0 radical (unpaired) electrons. The second kappa shape index (κ2) is 3.42. The molecule has 0 aliphatic heterocycles. The quantitative estimate of drug-likeness (QED) is 0.832. The Bertz CT molecular complexity index is 493.